The summed E-state index contributed by atoms with van der Waals surface area (Å²) in [4.78, 5) is 2.31. The molecule has 0 radical (unpaired) electrons. The van der Waals surface area contributed by atoms with E-state index < -0.39 is 0 Å². The minimum atomic E-state index is 0.671. The van der Waals surface area contributed by atoms with Crippen LogP contribution in [0.2, 0.25) is 0 Å². The highest BCUT2D eigenvalue weighted by atomic mass is 32.1. The molecule has 0 saturated carbocycles. The second kappa shape index (κ2) is 10.7. The Morgan fingerprint density at radius 3 is 2.30 bits per heavy atom. The van der Waals surface area contributed by atoms with E-state index in [1.807, 2.05) is 12.1 Å². The third kappa shape index (κ3) is 6.94. The van der Waals surface area contributed by atoms with Crippen LogP contribution in [0.15, 0.2) is 22.8 Å². The van der Waals surface area contributed by atoms with E-state index >= 15 is 0 Å². The number of hydrogen-bond acceptors (Lipinski definition) is 2. The maximum atomic E-state index is 5.52. The molecule has 1 rings (SSSR count). The Balaban J connectivity index is 2.36. The molecule has 0 saturated heterocycles. The Kier molecular flexibility index (Phi) is 9.13. The van der Waals surface area contributed by atoms with Crippen LogP contribution in [0.3, 0.4) is 0 Å². The molecule has 3 nitrogen and oxygen atoms in total. The standard InChI is InChI=1S/C16H28N2OS/c1-3-5-7-11-18(12-8-6-4-2)16(20)17-14-15-10-9-13-19-15/h9-10,13H,3-8,11-12,14H2,1-2H3,(H,17,20). The fraction of sp³-hybridized carbons (Fsp3) is 0.688. The van der Waals surface area contributed by atoms with Crippen molar-refractivity contribution in [3.63, 3.8) is 0 Å². The SMILES string of the molecule is CCCCCN(CCCCC)C(=S)NCc1ccco1. The third-order valence-electron chi connectivity index (χ3n) is 3.34. The highest BCUT2D eigenvalue weighted by Crippen LogP contribution is 2.05. The number of furan rings is 1. The molecular weight excluding hydrogens is 268 g/mol. The van der Waals surface area contributed by atoms with Crippen LogP contribution in [-0.4, -0.2) is 23.1 Å². The molecule has 0 aromatic carbocycles. The minimum absolute atomic E-state index is 0.671. The predicted molar refractivity (Wildman–Crippen MR) is 88.8 cm³/mol. The minimum Gasteiger partial charge on any atom is -0.467 e. The number of nitrogens with one attached hydrogen (secondary N) is 1. The van der Waals surface area contributed by atoms with Crippen LogP contribution >= 0.6 is 12.2 Å². The first-order valence-corrected chi connectivity index (χ1v) is 8.23. The van der Waals surface area contributed by atoms with Crippen LogP contribution in [0, 0.1) is 0 Å². The molecule has 0 bridgehead atoms. The first-order valence-electron chi connectivity index (χ1n) is 7.83. The molecule has 0 atom stereocenters. The summed E-state index contributed by atoms with van der Waals surface area (Å²) in [6.07, 6.45) is 9.15. The van der Waals surface area contributed by atoms with Gasteiger partial charge in [-0.1, -0.05) is 39.5 Å². The Labute approximate surface area is 128 Å². The fourth-order valence-corrected chi connectivity index (χ4v) is 2.36. The van der Waals surface area contributed by atoms with Gasteiger partial charge in [0.05, 0.1) is 12.8 Å². The number of nitrogens with zero attached hydrogens (tertiary/aromatic N) is 1. The van der Waals surface area contributed by atoms with E-state index in [4.69, 9.17) is 16.6 Å². The first-order chi connectivity index (χ1) is 9.77. The molecule has 114 valence electrons. The van der Waals surface area contributed by atoms with Crippen molar-refractivity contribution < 1.29 is 4.42 Å². The van der Waals surface area contributed by atoms with Gasteiger partial charge in [-0.25, -0.2) is 0 Å². The van der Waals surface area contributed by atoms with Crippen molar-refractivity contribution in [3.8, 4) is 0 Å². The van der Waals surface area contributed by atoms with E-state index in [2.05, 4.69) is 24.1 Å². The van der Waals surface area contributed by atoms with Gasteiger partial charge in [0, 0.05) is 13.1 Å². The summed E-state index contributed by atoms with van der Waals surface area (Å²) in [7, 11) is 0. The highest BCUT2D eigenvalue weighted by molar-refractivity contribution is 7.80. The molecular formula is C16H28N2OS. The summed E-state index contributed by atoms with van der Waals surface area (Å²) < 4.78 is 5.32. The van der Waals surface area contributed by atoms with Gasteiger partial charge < -0.3 is 14.6 Å². The first kappa shape index (κ1) is 17.0. The number of hydrogen-bond donors (Lipinski definition) is 1. The number of unbranched alkanes of at least 4 members (excludes halogenated alkanes) is 4. The van der Waals surface area contributed by atoms with Gasteiger partial charge in [-0.15, -0.1) is 0 Å². The van der Waals surface area contributed by atoms with Crippen molar-refractivity contribution in [2.24, 2.45) is 0 Å². The van der Waals surface area contributed by atoms with Gasteiger partial charge in [0.25, 0.3) is 0 Å². The summed E-state index contributed by atoms with van der Waals surface area (Å²) in [5, 5.41) is 4.16. The van der Waals surface area contributed by atoms with Crippen LogP contribution in [0.1, 0.15) is 58.1 Å². The second-order valence-corrected chi connectivity index (χ2v) is 5.53. The van der Waals surface area contributed by atoms with Crippen molar-refractivity contribution in [2.75, 3.05) is 13.1 Å². The number of rotatable bonds is 10. The second-order valence-electron chi connectivity index (χ2n) is 5.14. The summed E-state index contributed by atoms with van der Waals surface area (Å²) in [5.74, 6) is 0.925. The van der Waals surface area contributed by atoms with Crippen molar-refractivity contribution in [2.45, 2.75) is 58.9 Å². The zero-order chi connectivity index (χ0) is 14.6. The lowest BCUT2D eigenvalue weighted by molar-refractivity contribution is 0.382. The van der Waals surface area contributed by atoms with Crippen molar-refractivity contribution in [1.82, 2.24) is 10.2 Å². The molecule has 4 heteroatoms. The lowest BCUT2D eigenvalue weighted by Crippen LogP contribution is -2.40. The molecule has 0 unspecified atom stereocenters. The van der Waals surface area contributed by atoms with Gasteiger partial charge in [0.1, 0.15) is 5.76 Å². The summed E-state index contributed by atoms with van der Waals surface area (Å²) >= 11 is 5.52. The van der Waals surface area contributed by atoms with Gasteiger partial charge in [-0.05, 0) is 37.2 Å². The Morgan fingerprint density at radius 1 is 1.15 bits per heavy atom. The zero-order valence-corrected chi connectivity index (χ0v) is 13.7. The molecule has 0 amide bonds. The van der Waals surface area contributed by atoms with E-state index in [9.17, 15) is 0 Å². The molecule has 0 spiro atoms. The van der Waals surface area contributed by atoms with Crippen LogP contribution in [0.5, 0.6) is 0 Å². The normalized spacial score (nSPS) is 10.5. The Hall–Kier alpha value is -1.03. The van der Waals surface area contributed by atoms with Gasteiger partial charge >= 0.3 is 0 Å². The Bertz CT molecular complexity index is 341. The third-order valence-corrected chi connectivity index (χ3v) is 3.75. The van der Waals surface area contributed by atoms with Crippen LogP contribution < -0.4 is 5.32 Å². The van der Waals surface area contributed by atoms with E-state index in [-0.39, 0.29) is 0 Å². The predicted octanol–water partition coefficient (Wildman–Crippen LogP) is 4.34. The Morgan fingerprint density at radius 2 is 1.80 bits per heavy atom. The molecule has 20 heavy (non-hydrogen) atoms. The largest absolute Gasteiger partial charge is 0.467 e. The smallest absolute Gasteiger partial charge is 0.169 e. The lowest BCUT2D eigenvalue weighted by Gasteiger charge is -2.25. The van der Waals surface area contributed by atoms with E-state index in [0.717, 1.165) is 24.0 Å². The molecule has 0 aliphatic heterocycles. The molecule has 1 aromatic heterocycles. The van der Waals surface area contributed by atoms with E-state index in [0.29, 0.717) is 6.54 Å². The lowest BCUT2D eigenvalue weighted by atomic mass is 10.2. The van der Waals surface area contributed by atoms with Gasteiger partial charge in [0.15, 0.2) is 5.11 Å². The summed E-state index contributed by atoms with van der Waals surface area (Å²) in [6, 6.07) is 3.87. The quantitative estimate of drug-likeness (QED) is 0.513. The summed E-state index contributed by atoms with van der Waals surface area (Å²) in [5.41, 5.74) is 0. The van der Waals surface area contributed by atoms with Crippen LogP contribution in [0.25, 0.3) is 0 Å². The highest BCUT2D eigenvalue weighted by Gasteiger charge is 2.09. The van der Waals surface area contributed by atoms with Gasteiger partial charge in [-0.2, -0.15) is 0 Å². The maximum absolute atomic E-state index is 5.52. The zero-order valence-electron chi connectivity index (χ0n) is 12.9. The van der Waals surface area contributed by atoms with Gasteiger partial charge in [-0.3, -0.25) is 0 Å². The van der Waals surface area contributed by atoms with E-state index in [1.165, 1.54) is 38.5 Å². The molecule has 0 aliphatic rings. The van der Waals surface area contributed by atoms with Crippen molar-refractivity contribution in [1.29, 1.82) is 0 Å². The molecule has 1 N–H and O–H groups in total. The molecule has 1 aromatic rings. The van der Waals surface area contributed by atoms with Gasteiger partial charge in [0.2, 0.25) is 0 Å². The average molecular weight is 296 g/mol. The van der Waals surface area contributed by atoms with Crippen molar-refractivity contribution >= 4 is 17.3 Å². The fourth-order valence-electron chi connectivity index (χ4n) is 2.11. The average Bonchev–Trinajstić information content (AvgIpc) is 2.97. The van der Waals surface area contributed by atoms with Crippen molar-refractivity contribution in [3.05, 3.63) is 24.2 Å². The molecule has 0 fully saturated rings. The summed E-state index contributed by atoms with van der Waals surface area (Å²) in [6.45, 7) is 7.25. The monoisotopic (exact) mass is 296 g/mol. The van der Waals surface area contributed by atoms with Crippen LogP contribution in [-0.2, 0) is 6.54 Å². The topological polar surface area (TPSA) is 28.4 Å². The van der Waals surface area contributed by atoms with Crippen LogP contribution in [0.4, 0.5) is 0 Å². The molecule has 0 aliphatic carbocycles. The van der Waals surface area contributed by atoms with E-state index in [1.54, 1.807) is 6.26 Å². The maximum Gasteiger partial charge on any atom is 0.169 e. The molecule has 1 heterocycles. The number of thiocarbonyl (C=S) groups is 1.